The van der Waals surface area contributed by atoms with E-state index in [0.717, 1.165) is 0 Å². The van der Waals surface area contributed by atoms with Gasteiger partial charge in [0.05, 0.1) is 16.0 Å². The van der Waals surface area contributed by atoms with Gasteiger partial charge in [-0.3, -0.25) is 20.3 Å². The molecule has 10 heteroatoms. The number of nitrogens with one attached hydrogen (secondary N) is 4. The van der Waals surface area contributed by atoms with E-state index in [4.69, 9.17) is 11.1 Å². The number of nitrogens with two attached hydrogens (primary N) is 1. The van der Waals surface area contributed by atoms with Crippen molar-refractivity contribution in [1.82, 2.24) is 15.2 Å². The van der Waals surface area contributed by atoms with Gasteiger partial charge >= 0.3 is 6.03 Å². The van der Waals surface area contributed by atoms with Gasteiger partial charge in [0.1, 0.15) is 5.69 Å². The second-order valence-electron chi connectivity index (χ2n) is 4.57. The molecule has 0 saturated heterocycles. The van der Waals surface area contributed by atoms with E-state index in [2.05, 4.69) is 38.5 Å². The van der Waals surface area contributed by atoms with Crippen LogP contribution in [0.5, 0.6) is 0 Å². The molecule has 0 fully saturated rings. The van der Waals surface area contributed by atoms with Gasteiger partial charge in [-0.25, -0.2) is 4.79 Å². The van der Waals surface area contributed by atoms with E-state index < -0.39 is 17.8 Å². The molecule has 0 aliphatic rings. The molecule has 0 spiro atoms. The lowest BCUT2D eigenvalue weighted by Gasteiger charge is -2.06. The second-order valence-corrected chi connectivity index (χ2v) is 5.53. The maximum absolute atomic E-state index is 12.0. The fourth-order valence-electron chi connectivity index (χ4n) is 1.58. The molecule has 0 aliphatic heterocycles. The first-order valence-corrected chi connectivity index (χ1v) is 7.24. The average Bonchev–Trinajstić information content (AvgIpc) is 2.78. The molecule has 0 saturated carbocycles. The molecule has 6 N–H and O–H groups in total. The van der Waals surface area contributed by atoms with E-state index in [1.54, 1.807) is 7.05 Å². The lowest BCUT2D eigenvalue weighted by molar-refractivity contribution is -0.112. The molecule has 0 aromatic carbocycles. The highest BCUT2D eigenvalue weighted by Gasteiger charge is 2.16. The summed E-state index contributed by atoms with van der Waals surface area (Å²) in [6.07, 6.45) is 1.72. The molecule has 0 unspecified atom stereocenters. The van der Waals surface area contributed by atoms with Crippen molar-refractivity contribution >= 4 is 45.3 Å². The summed E-state index contributed by atoms with van der Waals surface area (Å²) in [6, 6.07) is 0.725. The van der Waals surface area contributed by atoms with Crippen LogP contribution in [0.4, 0.5) is 10.5 Å². The molecule has 0 atom stereocenters. The minimum Gasteiger partial charge on any atom is -0.388 e. The van der Waals surface area contributed by atoms with Crippen LogP contribution in [0.3, 0.4) is 0 Å². The van der Waals surface area contributed by atoms with Crippen LogP contribution in [-0.4, -0.2) is 34.8 Å². The summed E-state index contributed by atoms with van der Waals surface area (Å²) in [5.41, 5.74) is 5.72. The van der Waals surface area contributed by atoms with Gasteiger partial charge in [-0.15, -0.1) is 0 Å². The zero-order valence-corrected chi connectivity index (χ0v) is 14.0. The first kappa shape index (κ1) is 18.4. The summed E-state index contributed by atoms with van der Waals surface area (Å²) in [5.74, 6) is -1.14. The number of anilines is 1. The lowest BCUT2D eigenvalue weighted by Crippen LogP contribution is -2.41. The maximum Gasteiger partial charge on any atom is 0.321 e. The van der Waals surface area contributed by atoms with Crippen LogP contribution >= 0.6 is 15.9 Å². The Morgan fingerprint density at radius 2 is 2.09 bits per heavy atom. The molecule has 0 aliphatic carbocycles. The number of rotatable bonds is 6. The van der Waals surface area contributed by atoms with Gasteiger partial charge in [0, 0.05) is 26.2 Å². The Hall–Kier alpha value is -2.62. The maximum atomic E-state index is 12.0. The van der Waals surface area contributed by atoms with Gasteiger partial charge in [-0.1, -0.05) is 6.58 Å². The van der Waals surface area contributed by atoms with E-state index in [-0.39, 0.29) is 29.0 Å². The number of carbonyl (C=O) groups excluding carboxylic acids is 3. The van der Waals surface area contributed by atoms with Crippen LogP contribution in [0.2, 0.25) is 0 Å². The van der Waals surface area contributed by atoms with Gasteiger partial charge in [-0.05, 0) is 22.0 Å². The third-order valence-corrected chi connectivity index (χ3v) is 3.01. The molecule has 1 heterocycles. The fraction of sp³-hybridized carbons (Fsp3) is 0.231. The molecule has 4 amide bonds. The molecular formula is C13H17BrN6O3. The first-order valence-electron chi connectivity index (χ1n) is 6.45. The number of hydrogen-bond acceptors (Lipinski definition) is 4. The monoisotopic (exact) mass is 384 g/mol. The Labute approximate surface area is 140 Å². The van der Waals surface area contributed by atoms with Gasteiger partial charge in [0.25, 0.3) is 11.8 Å². The van der Waals surface area contributed by atoms with Crippen LogP contribution in [-0.2, 0) is 11.8 Å². The SMILES string of the molecule is C=C(Br)C(=O)Nc1cc(C(=O)NC(=O)NCCC(=N)N)n(C)c1. The van der Waals surface area contributed by atoms with E-state index in [1.807, 2.05) is 0 Å². The number of aryl methyl sites for hydroxylation is 1. The number of amidine groups is 1. The van der Waals surface area contributed by atoms with Crippen molar-refractivity contribution in [2.24, 2.45) is 12.8 Å². The highest BCUT2D eigenvalue weighted by Crippen LogP contribution is 2.14. The van der Waals surface area contributed by atoms with Crippen molar-refractivity contribution in [1.29, 1.82) is 5.41 Å². The molecule has 1 aromatic rings. The highest BCUT2D eigenvalue weighted by molar-refractivity contribution is 9.12. The van der Waals surface area contributed by atoms with Crippen molar-refractivity contribution in [3.8, 4) is 0 Å². The van der Waals surface area contributed by atoms with Crippen molar-refractivity contribution in [3.05, 3.63) is 29.0 Å². The Balaban J connectivity index is 2.64. The highest BCUT2D eigenvalue weighted by atomic mass is 79.9. The number of carbonyl (C=O) groups is 3. The number of urea groups is 1. The Bertz CT molecular complexity index is 667. The molecule has 9 nitrogen and oxygen atoms in total. The Morgan fingerprint density at radius 3 is 2.65 bits per heavy atom. The Morgan fingerprint density at radius 1 is 1.43 bits per heavy atom. The zero-order chi connectivity index (χ0) is 17.6. The third-order valence-electron chi connectivity index (χ3n) is 2.65. The van der Waals surface area contributed by atoms with Crippen LogP contribution in [0, 0.1) is 5.41 Å². The molecule has 0 bridgehead atoms. The van der Waals surface area contributed by atoms with Crippen LogP contribution in [0.25, 0.3) is 0 Å². The molecular weight excluding hydrogens is 368 g/mol. The summed E-state index contributed by atoms with van der Waals surface area (Å²) >= 11 is 2.95. The standard InChI is InChI=1S/C13H17BrN6O3/c1-7(14)11(21)18-8-5-9(20(2)6-8)12(22)19-13(23)17-4-3-10(15)16/h5-6H,1,3-4H2,2H3,(H3,15,16)(H,18,21)(H2,17,19,22,23). The van der Waals surface area contributed by atoms with Crippen molar-refractivity contribution < 1.29 is 14.4 Å². The number of hydrogen-bond donors (Lipinski definition) is 5. The molecule has 124 valence electrons. The topological polar surface area (TPSA) is 142 Å². The second kappa shape index (κ2) is 8.13. The average molecular weight is 385 g/mol. The smallest absolute Gasteiger partial charge is 0.321 e. The summed E-state index contributed by atoms with van der Waals surface area (Å²) < 4.78 is 1.61. The normalized spacial score (nSPS) is 9.83. The minimum absolute atomic E-state index is 0.0622. The number of amides is 4. The van der Waals surface area contributed by atoms with Crippen molar-refractivity contribution in [2.75, 3.05) is 11.9 Å². The van der Waals surface area contributed by atoms with Crippen LogP contribution < -0.4 is 21.7 Å². The van der Waals surface area contributed by atoms with Crippen LogP contribution in [0.1, 0.15) is 16.9 Å². The number of halogens is 1. The van der Waals surface area contributed by atoms with Crippen molar-refractivity contribution in [3.63, 3.8) is 0 Å². The predicted molar refractivity (Wildman–Crippen MR) is 89.5 cm³/mol. The molecule has 23 heavy (non-hydrogen) atoms. The fourth-order valence-corrected chi connectivity index (χ4v) is 1.68. The molecule has 1 aromatic heterocycles. The van der Waals surface area contributed by atoms with Crippen LogP contribution in [0.15, 0.2) is 23.3 Å². The Kier molecular flexibility index (Phi) is 6.51. The predicted octanol–water partition coefficient (Wildman–Crippen LogP) is 0.638. The quantitative estimate of drug-likeness (QED) is 0.278. The van der Waals surface area contributed by atoms with Gasteiger partial charge in [0.2, 0.25) is 0 Å². The van der Waals surface area contributed by atoms with E-state index >= 15 is 0 Å². The molecule has 0 radical (unpaired) electrons. The summed E-state index contributed by atoms with van der Waals surface area (Å²) in [7, 11) is 1.60. The number of aromatic nitrogens is 1. The van der Waals surface area contributed by atoms with Crippen molar-refractivity contribution in [2.45, 2.75) is 6.42 Å². The minimum atomic E-state index is -0.697. The summed E-state index contributed by atoms with van der Waals surface area (Å²) in [6.45, 7) is 3.59. The lowest BCUT2D eigenvalue weighted by atomic mass is 10.3. The number of imide groups is 1. The largest absolute Gasteiger partial charge is 0.388 e. The van der Waals surface area contributed by atoms with Gasteiger partial charge in [-0.2, -0.15) is 0 Å². The zero-order valence-electron chi connectivity index (χ0n) is 12.4. The third kappa shape index (κ3) is 5.94. The van der Waals surface area contributed by atoms with Gasteiger partial charge in [0.15, 0.2) is 0 Å². The van der Waals surface area contributed by atoms with E-state index in [0.29, 0.717) is 5.69 Å². The molecule has 1 rings (SSSR count). The summed E-state index contributed by atoms with van der Waals surface area (Å²) in [5, 5.41) is 14.1. The van der Waals surface area contributed by atoms with E-state index in [1.165, 1.54) is 16.8 Å². The number of nitrogens with zero attached hydrogens (tertiary/aromatic N) is 1. The first-order chi connectivity index (χ1) is 10.7. The van der Waals surface area contributed by atoms with E-state index in [9.17, 15) is 14.4 Å². The van der Waals surface area contributed by atoms with Gasteiger partial charge < -0.3 is 20.9 Å². The summed E-state index contributed by atoms with van der Waals surface area (Å²) in [4.78, 5) is 35.0.